The second kappa shape index (κ2) is 8.26. The molecule has 8 heteroatoms. The van der Waals surface area contributed by atoms with Crippen LogP contribution in [-0.4, -0.2) is 41.2 Å². The van der Waals surface area contributed by atoms with Crippen LogP contribution in [0.5, 0.6) is 0 Å². The number of imide groups is 1. The van der Waals surface area contributed by atoms with Gasteiger partial charge in [0.15, 0.2) is 0 Å². The van der Waals surface area contributed by atoms with Crippen LogP contribution in [0.1, 0.15) is 81.0 Å². The first-order valence-electron chi connectivity index (χ1n) is 10.5. The van der Waals surface area contributed by atoms with E-state index in [0.717, 1.165) is 34.6 Å². The predicted molar refractivity (Wildman–Crippen MR) is 117 cm³/mol. The molecule has 3 amide bonds. The molecule has 162 valence electrons. The Balaban J connectivity index is 1.63. The van der Waals surface area contributed by atoms with Crippen molar-refractivity contribution in [2.45, 2.75) is 52.0 Å². The number of nitrogens with zero attached hydrogens (tertiary/aromatic N) is 1. The third-order valence-corrected chi connectivity index (χ3v) is 7.05. The lowest BCUT2D eigenvalue weighted by molar-refractivity contribution is -0.119. The van der Waals surface area contributed by atoms with Gasteiger partial charge in [0.05, 0.1) is 23.3 Å². The van der Waals surface area contributed by atoms with Crippen molar-refractivity contribution in [3.8, 4) is 0 Å². The minimum absolute atomic E-state index is 0.193. The van der Waals surface area contributed by atoms with Crippen molar-refractivity contribution >= 4 is 40.0 Å². The number of fused-ring (bicyclic) bond motifs is 2. The largest absolute Gasteiger partial charge is 0.462 e. The number of rotatable bonds is 5. The molecule has 7 nitrogen and oxygen atoms in total. The molecule has 1 aliphatic heterocycles. The van der Waals surface area contributed by atoms with Gasteiger partial charge in [0, 0.05) is 4.88 Å². The molecule has 1 aromatic carbocycles. The van der Waals surface area contributed by atoms with Crippen molar-refractivity contribution in [2.75, 3.05) is 11.9 Å². The lowest BCUT2D eigenvalue weighted by atomic mass is 9.86. The van der Waals surface area contributed by atoms with Crippen LogP contribution in [0.15, 0.2) is 24.3 Å². The number of anilines is 1. The van der Waals surface area contributed by atoms with Gasteiger partial charge in [0.2, 0.25) is 5.91 Å². The van der Waals surface area contributed by atoms with E-state index in [4.69, 9.17) is 4.74 Å². The zero-order valence-electron chi connectivity index (χ0n) is 17.7. The molecule has 2 unspecified atom stereocenters. The van der Waals surface area contributed by atoms with Crippen molar-refractivity contribution in [3.05, 3.63) is 51.4 Å². The molecule has 0 bridgehead atoms. The number of esters is 1. The van der Waals surface area contributed by atoms with Gasteiger partial charge in [-0.1, -0.05) is 19.1 Å². The summed E-state index contributed by atoms with van der Waals surface area (Å²) < 4.78 is 5.26. The molecule has 0 fully saturated rings. The lowest BCUT2D eigenvalue weighted by Crippen LogP contribution is -2.45. The van der Waals surface area contributed by atoms with E-state index in [1.54, 1.807) is 31.2 Å². The van der Waals surface area contributed by atoms with Crippen LogP contribution in [0.3, 0.4) is 0 Å². The van der Waals surface area contributed by atoms with E-state index in [0.29, 0.717) is 21.7 Å². The van der Waals surface area contributed by atoms with E-state index in [-0.39, 0.29) is 12.5 Å². The topological polar surface area (TPSA) is 92.8 Å². The van der Waals surface area contributed by atoms with Crippen LogP contribution in [0.25, 0.3) is 0 Å². The summed E-state index contributed by atoms with van der Waals surface area (Å²) in [5.74, 6) is -1.77. The number of carbonyl (C=O) groups excluding carboxylic acids is 4. The molecular formula is C23H24N2O5S. The summed E-state index contributed by atoms with van der Waals surface area (Å²) in [7, 11) is 0. The van der Waals surface area contributed by atoms with E-state index in [2.05, 4.69) is 12.2 Å². The highest BCUT2D eigenvalue weighted by atomic mass is 32.1. The molecule has 2 aromatic rings. The van der Waals surface area contributed by atoms with Gasteiger partial charge in [-0.05, 0) is 56.7 Å². The monoisotopic (exact) mass is 440 g/mol. The van der Waals surface area contributed by atoms with Gasteiger partial charge < -0.3 is 10.1 Å². The molecule has 4 rings (SSSR count). The minimum Gasteiger partial charge on any atom is -0.462 e. The molecule has 0 saturated heterocycles. The molecule has 0 spiro atoms. The Morgan fingerprint density at radius 1 is 1.23 bits per heavy atom. The molecule has 2 aliphatic rings. The van der Waals surface area contributed by atoms with Crippen LogP contribution >= 0.6 is 11.3 Å². The van der Waals surface area contributed by atoms with Crippen LogP contribution in [0.4, 0.5) is 5.00 Å². The first-order chi connectivity index (χ1) is 14.8. The van der Waals surface area contributed by atoms with Crippen LogP contribution in [0, 0.1) is 0 Å². The average molecular weight is 441 g/mol. The minimum atomic E-state index is -1.03. The van der Waals surface area contributed by atoms with Gasteiger partial charge in [-0.2, -0.15) is 0 Å². The number of hydrogen-bond donors (Lipinski definition) is 1. The summed E-state index contributed by atoms with van der Waals surface area (Å²) >= 11 is 1.38. The van der Waals surface area contributed by atoms with Crippen molar-refractivity contribution < 1.29 is 23.9 Å². The first kappa shape index (κ1) is 21.2. The van der Waals surface area contributed by atoms with Gasteiger partial charge in [0.25, 0.3) is 11.8 Å². The first-order valence-corrected chi connectivity index (χ1v) is 11.3. The number of thiophene rings is 1. The fourth-order valence-electron chi connectivity index (χ4n) is 4.30. The van der Waals surface area contributed by atoms with Crippen molar-refractivity contribution in [2.24, 2.45) is 0 Å². The number of nitrogens with one attached hydrogen (secondary N) is 1. The van der Waals surface area contributed by atoms with Gasteiger partial charge in [-0.15, -0.1) is 11.3 Å². The summed E-state index contributed by atoms with van der Waals surface area (Å²) in [5, 5.41) is 3.23. The number of aryl methyl sites for hydroxylation is 1. The standard InChI is InChI=1S/C23H24N2O5S/c1-4-30-23(29)18-17-12(2)8-7-11-16(17)31-20(18)24-19(26)13(3)25-21(27)14-9-5-6-10-15(14)22(25)28/h5-6,9-10,12-13H,4,7-8,11H2,1-3H3,(H,24,26). The molecule has 0 saturated carbocycles. The Morgan fingerprint density at radius 3 is 2.48 bits per heavy atom. The highest BCUT2D eigenvalue weighted by molar-refractivity contribution is 7.17. The Hall–Kier alpha value is -3.00. The third-order valence-electron chi connectivity index (χ3n) is 5.86. The van der Waals surface area contributed by atoms with Crippen LogP contribution in [0.2, 0.25) is 0 Å². The molecule has 2 atom stereocenters. The van der Waals surface area contributed by atoms with E-state index in [1.165, 1.54) is 18.3 Å². The molecule has 1 N–H and O–H groups in total. The summed E-state index contributed by atoms with van der Waals surface area (Å²) in [4.78, 5) is 53.3. The quantitative estimate of drug-likeness (QED) is 0.561. The molecule has 31 heavy (non-hydrogen) atoms. The Bertz CT molecular complexity index is 1050. The number of ether oxygens (including phenoxy) is 1. The average Bonchev–Trinajstić information content (AvgIpc) is 3.24. The molecule has 2 heterocycles. The van der Waals surface area contributed by atoms with Crippen molar-refractivity contribution in [1.29, 1.82) is 0 Å². The van der Waals surface area contributed by atoms with E-state index in [9.17, 15) is 19.2 Å². The number of benzene rings is 1. The van der Waals surface area contributed by atoms with E-state index < -0.39 is 29.7 Å². The molecular weight excluding hydrogens is 416 g/mol. The van der Waals surface area contributed by atoms with Gasteiger partial charge in [-0.3, -0.25) is 19.3 Å². The van der Waals surface area contributed by atoms with E-state index >= 15 is 0 Å². The van der Waals surface area contributed by atoms with Crippen molar-refractivity contribution in [1.82, 2.24) is 4.90 Å². The lowest BCUT2D eigenvalue weighted by Gasteiger charge is -2.22. The summed E-state index contributed by atoms with van der Waals surface area (Å²) in [6.07, 6.45) is 2.84. The second-order valence-electron chi connectivity index (χ2n) is 7.85. The summed E-state index contributed by atoms with van der Waals surface area (Å²) in [5.41, 5.74) is 1.93. The smallest absolute Gasteiger partial charge is 0.341 e. The molecule has 0 radical (unpaired) electrons. The molecule has 1 aromatic heterocycles. The second-order valence-corrected chi connectivity index (χ2v) is 8.95. The van der Waals surface area contributed by atoms with Gasteiger partial charge >= 0.3 is 5.97 Å². The maximum atomic E-state index is 13.1. The Labute approximate surface area is 184 Å². The Morgan fingerprint density at radius 2 is 1.87 bits per heavy atom. The van der Waals surface area contributed by atoms with Crippen molar-refractivity contribution in [3.63, 3.8) is 0 Å². The highest BCUT2D eigenvalue weighted by Gasteiger charge is 2.41. The van der Waals surface area contributed by atoms with Crippen LogP contribution in [-0.2, 0) is 16.0 Å². The summed E-state index contributed by atoms with van der Waals surface area (Å²) in [6.45, 7) is 5.55. The highest BCUT2D eigenvalue weighted by Crippen LogP contribution is 2.44. The van der Waals surface area contributed by atoms with Crippen LogP contribution < -0.4 is 5.32 Å². The maximum absolute atomic E-state index is 13.1. The third kappa shape index (κ3) is 3.54. The van der Waals surface area contributed by atoms with Gasteiger partial charge in [0.1, 0.15) is 11.0 Å². The molecule has 1 aliphatic carbocycles. The Kier molecular flexibility index (Phi) is 5.66. The zero-order chi connectivity index (χ0) is 22.3. The van der Waals surface area contributed by atoms with E-state index in [1.807, 2.05) is 0 Å². The number of hydrogen-bond acceptors (Lipinski definition) is 6. The zero-order valence-corrected chi connectivity index (χ0v) is 18.5. The maximum Gasteiger partial charge on any atom is 0.341 e. The predicted octanol–water partition coefficient (Wildman–Crippen LogP) is 3.99. The number of amides is 3. The fraction of sp³-hybridized carbons (Fsp3) is 0.391. The van der Waals surface area contributed by atoms with Gasteiger partial charge in [-0.25, -0.2) is 4.79 Å². The summed E-state index contributed by atoms with van der Waals surface area (Å²) in [6, 6.07) is 5.49. The SMILES string of the molecule is CCOC(=O)c1c(NC(=O)C(C)N2C(=O)c3ccccc3C2=O)sc2c1C(C)CCC2. The number of carbonyl (C=O) groups is 4. The fourth-order valence-corrected chi connectivity index (χ4v) is 5.65. The normalized spacial score (nSPS) is 18.4.